The van der Waals surface area contributed by atoms with Crippen LogP contribution < -0.4 is 10.1 Å². The number of unbranched alkanes of at least 4 members (excludes halogenated alkanes) is 1. The third-order valence-corrected chi connectivity index (χ3v) is 6.80. The van der Waals surface area contributed by atoms with Crippen molar-refractivity contribution in [3.8, 4) is 5.75 Å². The van der Waals surface area contributed by atoms with Gasteiger partial charge in [0, 0.05) is 34.3 Å². The highest BCUT2D eigenvalue weighted by Crippen LogP contribution is 2.41. The molecule has 0 spiro atoms. The molecule has 5 nitrogen and oxygen atoms in total. The monoisotopic (exact) mass is 394 g/mol. The van der Waals surface area contributed by atoms with Crippen LogP contribution in [0.25, 0.3) is 0 Å². The molecule has 0 saturated carbocycles. The highest BCUT2D eigenvalue weighted by Gasteiger charge is 2.33. The number of nitrogens with zero attached hydrogens (tertiary/aromatic N) is 1. The van der Waals surface area contributed by atoms with E-state index in [2.05, 4.69) is 38.2 Å². The molecule has 0 aliphatic carbocycles. The van der Waals surface area contributed by atoms with Crippen LogP contribution >= 0.6 is 11.8 Å². The summed E-state index contributed by atoms with van der Waals surface area (Å²) >= 11 is 1.92. The predicted molar refractivity (Wildman–Crippen MR) is 112 cm³/mol. The van der Waals surface area contributed by atoms with E-state index < -0.39 is 5.97 Å². The minimum Gasteiger partial charge on any atom is -0.496 e. The van der Waals surface area contributed by atoms with Crippen molar-refractivity contribution in [1.29, 1.82) is 0 Å². The van der Waals surface area contributed by atoms with Crippen molar-refractivity contribution in [1.82, 2.24) is 10.2 Å². The van der Waals surface area contributed by atoms with Gasteiger partial charge in [-0.05, 0) is 44.5 Å². The van der Waals surface area contributed by atoms with E-state index in [1.807, 2.05) is 18.8 Å². The van der Waals surface area contributed by atoms with Crippen LogP contribution in [0.15, 0.2) is 17.0 Å². The van der Waals surface area contributed by atoms with Crippen LogP contribution in [0.1, 0.15) is 63.6 Å². The lowest BCUT2D eigenvalue weighted by atomic mass is 9.90. The van der Waals surface area contributed by atoms with Crippen molar-refractivity contribution in [2.24, 2.45) is 0 Å². The molecule has 27 heavy (non-hydrogen) atoms. The highest BCUT2D eigenvalue weighted by atomic mass is 32.2. The van der Waals surface area contributed by atoms with Gasteiger partial charge < -0.3 is 15.2 Å². The second kappa shape index (κ2) is 9.80. The zero-order chi connectivity index (χ0) is 20.0. The summed E-state index contributed by atoms with van der Waals surface area (Å²) in [6.45, 7) is 7.33. The number of aliphatic carboxylic acids is 1. The molecule has 0 saturated heterocycles. The molecule has 6 heteroatoms. The Bertz CT molecular complexity index is 653. The molecule has 152 valence electrons. The first-order chi connectivity index (χ1) is 12.8. The van der Waals surface area contributed by atoms with Gasteiger partial charge in [-0.2, -0.15) is 0 Å². The second-order valence-corrected chi connectivity index (χ2v) is 8.68. The van der Waals surface area contributed by atoms with Crippen LogP contribution in [-0.2, 0) is 11.3 Å². The molecule has 0 aromatic heterocycles. The Morgan fingerprint density at radius 3 is 2.78 bits per heavy atom. The molecule has 1 aromatic rings. The number of benzene rings is 1. The smallest absolute Gasteiger partial charge is 0.317 e. The Morgan fingerprint density at radius 2 is 2.19 bits per heavy atom. The zero-order valence-electron chi connectivity index (χ0n) is 17.3. The Hall–Kier alpha value is -1.24. The van der Waals surface area contributed by atoms with E-state index in [9.17, 15) is 4.79 Å². The fourth-order valence-corrected chi connectivity index (χ4v) is 5.30. The van der Waals surface area contributed by atoms with Crippen LogP contribution in [0.5, 0.6) is 5.75 Å². The molecule has 0 fully saturated rings. The van der Waals surface area contributed by atoms with Gasteiger partial charge in [0.25, 0.3) is 0 Å². The van der Waals surface area contributed by atoms with Crippen molar-refractivity contribution in [3.05, 3.63) is 23.3 Å². The topological polar surface area (TPSA) is 61.8 Å². The second-order valence-electron chi connectivity index (χ2n) is 7.66. The lowest BCUT2D eigenvalue weighted by Crippen LogP contribution is -2.47. The molecule has 2 rings (SSSR count). The van der Waals surface area contributed by atoms with E-state index >= 15 is 0 Å². The fourth-order valence-electron chi connectivity index (χ4n) is 3.81. The van der Waals surface area contributed by atoms with Gasteiger partial charge in [0.15, 0.2) is 0 Å². The number of likely N-dealkylation sites (N-methyl/N-ethyl adjacent to an activating group) is 1. The molecular weight excluding hydrogens is 360 g/mol. The molecule has 0 amide bonds. The minimum absolute atomic E-state index is 0.0152. The molecule has 1 aromatic carbocycles. The number of hydrogen-bond donors (Lipinski definition) is 2. The van der Waals surface area contributed by atoms with E-state index in [1.54, 1.807) is 12.0 Å². The number of nitrogens with one attached hydrogen (secondary N) is 1. The number of carbonyl (C=O) groups is 1. The summed E-state index contributed by atoms with van der Waals surface area (Å²) < 4.78 is 5.64. The first-order valence-electron chi connectivity index (χ1n) is 9.85. The van der Waals surface area contributed by atoms with E-state index in [0.29, 0.717) is 6.54 Å². The summed E-state index contributed by atoms with van der Waals surface area (Å²) in [4.78, 5) is 14.1. The summed E-state index contributed by atoms with van der Waals surface area (Å²) in [6, 6.07) is 4.59. The molecule has 1 aliphatic heterocycles. The summed E-state index contributed by atoms with van der Waals surface area (Å²) in [5.74, 6) is 1.07. The van der Waals surface area contributed by atoms with Gasteiger partial charge in [-0.25, -0.2) is 0 Å². The summed E-state index contributed by atoms with van der Waals surface area (Å²) in [7, 11) is 3.51. The average Bonchev–Trinajstić information content (AvgIpc) is 2.75. The van der Waals surface area contributed by atoms with E-state index in [4.69, 9.17) is 9.84 Å². The number of thioether (sulfide) groups is 1. The maximum Gasteiger partial charge on any atom is 0.317 e. The highest BCUT2D eigenvalue weighted by molar-refractivity contribution is 7.99. The van der Waals surface area contributed by atoms with Gasteiger partial charge in [-0.3, -0.25) is 9.69 Å². The van der Waals surface area contributed by atoms with Gasteiger partial charge in [-0.15, -0.1) is 11.8 Å². The van der Waals surface area contributed by atoms with Gasteiger partial charge >= 0.3 is 5.97 Å². The Balaban J connectivity index is 2.30. The minimum atomic E-state index is -0.818. The number of carboxylic acid groups (broad SMARTS) is 1. The number of methoxy groups -OCH3 is 1. The van der Waals surface area contributed by atoms with Gasteiger partial charge in [0.2, 0.25) is 0 Å². The third kappa shape index (κ3) is 5.62. The first kappa shape index (κ1) is 22.1. The molecular formula is C21H34N2O3S. The number of rotatable bonds is 9. The maximum atomic E-state index is 11.0. The molecule has 2 atom stereocenters. The molecule has 0 bridgehead atoms. The van der Waals surface area contributed by atoms with Gasteiger partial charge in [-0.1, -0.05) is 26.7 Å². The van der Waals surface area contributed by atoms with Crippen LogP contribution in [0, 0.1) is 0 Å². The third-order valence-electron chi connectivity index (χ3n) is 5.44. The van der Waals surface area contributed by atoms with Gasteiger partial charge in [0.1, 0.15) is 5.75 Å². The Morgan fingerprint density at radius 1 is 1.44 bits per heavy atom. The van der Waals surface area contributed by atoms with E-state index in [-0.39, 0.29) is 18.1 Å². The summed E-state index contributed by atoms with van der Waals surface area (Å²) in [5.41, 5.74) is 2.47. The normalized spacial score (nSPS) is 22.4. The predicted octanol–water partition coefficient (Wildman–Crippen LogP) is 4.31. The Kier molecular flexibility index (Phi) is 8.01. The number of ether oxygens (including phenoxy) is 1. The molecule has 1 heterocycles. The fraction of sp³-hybridized carbons (Fsp3) is 0.667. The molecule has 0 unspecified atom stereocenters. The van der Waals surface area contributed by atoms with Crippen molar-refractivity contribution in [2.75, 3.05) is 26.5 Å². The zero-order valence-corrected chi connectivity index (χ0v) is 18.1. The summed E-state index contributed by atoms with van der Waals surface area (Å²) in [6.07, 6.45) is 4.75. The van der Waals surface area contributed by atoms with E-state index in [0.717, 1.165) is 23.5 Å². The standard InChI is InChI=1S/C21H34N2O3S/c1-6-8-9-21(7-2)14-27-19-10-16(12-23(4)13-20(24)25)18(26-5)11-17(19)15(3)22-21/h10-11,15,22H,6-9,12-14H2,1-5H3,(H,24,25)/t15-,21-/m1/s1. The lowest BCUT2D eigenvalue weighted by molar-refractivity contribution is -0.138. The summed E-state index contributed by atoms with van der Waals surface area (Å²) in [5, 5.41) is 12.9. The maximum absolute atomic E-state index is 11.0. The van der Waals surface area contributed by atoms with Crippen LogP contribution in [0.3, 0.4) is 0 Å². The largest absolute Gasteiger partial charge is 0.496 e. The average molecular weight is 395 g/mol. The molecule has 0 radical (unpaired) electrons. The SMILES string of the molecule is CCCC[C@]1(CC)CSc2cc(CN(C)CC(=O)O)c(OC)cc2[C@@H](C)N1. The number of fused-ring (bicyclic) bond motifs is 1. The van der Waals surface area contributed by atoms with Crippen LogP contribution in [-0.4, -0.2) is 48.0 Å². The van der Waals surface area contributed by atoms with Gasteiger partial charge in [0.05, 0.1) is 13.7 Å². The van der Waals surface area contributed by atoms with Crippen molar-refractivity contribution < 1.29 is 14.6 Å². The van der Waals surface area contributed by atoms with Crippen LogP contribution in [0.4, 0.5) is 0 Å². The molecule has 1 aliphatic rings. The first-order valence-corrected chi connectivity index (χ1v) is 10.8. The number of carboxylic acids is 1. The quantitative estimate of drug-likeness (QED) is 0.651. The van der Waals surface area contributed by atoms with Crippen molar-refractivity contribution in [2.45, 2.75) is 69.5 Å². The lowest BCUT2D eigenvalue weighted by Gasteiger charge is -2.35. The number of hydrogen-bond acceptors (Lipinski definition) is 5. The Labute approximate surface area is 167 Å². The van der Waals surface area contributed by atoms with Crippen LogP contribution in [0.2, 0.25) is 0 Å². The van der Waals surface area contributed by atoms with Crippen molar-refractivity contribution >= 4 is 17.7 Å². The van der Waals surface area contributed by atoms with Crippen molar-refractivity contribution in [3.63, 3.8) is 0 Å². The molecule has 2 N–H and O–H groups in total. The van der Waals surface area contributed by atoms with E-state index in [1.165, 1.54) is 29.7 Å².